The molecule has 1 fully saturated rings. The van der Waals surface area contributed by atoms with E-state index in [2.05, 4.69) is 13.0 Å². The summed E-state index contributed by atoms with van der Waals surface area (Å²) in [5.74, 6) is -0.0275. The van der Waals surface area contributed by atoms with Crippen LogP contribution in [0.25, 0.3) is 0 Å². The maximum atomic E-state index is 13.0. The van der Waals surface area contributed by atoms with Crippen LogP contribution in [-0.4, -0.2) is 5.11 Å². The third kappa shape index (κ3) is 2.23. The molecule has 0 radical (unpaired) electrons. The van der Waals surface area contributed by atoms with Gasteiger partial charge in [0.2, 0.25) is 0 Å². The van der Waals surface area contributed by atoms with E-state index >= 15 is 0 Å². The van der Waals surface area contributed by atoms with Gasteiger partial charge < -0.3 is 5.11 Å². The zero-order valence-electron chi connectivity index (χ0n) is 10.2. The quantitative estimate of drug-likeness (QED) is 0.885. The van der Waals surface area contributed by atoms with Crippen molar-refractivity contribution in [3.8, 4) is 6.07 Å². The van der Waals surface area contributed by atoms with E-state index in [9.17, 15) is 14.8 Å². The fourth-order valence-corrected chi connectivity index (χ4v) is 3.03. The molecule has 2 nitrogen and oxygen atoms in total. The first-order valence-corrected chi connectivity index (χ1v) is 6.40. The van der Waals surface area contributed by atoms with Crippen molar-refractivity contribution in [3.05, 3.63) is 34.6 Å². The molecule has 1 aromatic carbocycles. The molecular formula is C14H15ClFNO. The van der Waals surface area contributed by atoms with Gasteiger partial charge in [0.25, 0.3) is 0 Å². The Morgan fingerprint density at radius 1 is 1.61 bits per heavy atom. The van der Waals surface area contributed by atoms with Crippen LogP contribution in [0.2, 0.25) is 5.02 Å². The van der Waals surface area contributed by atoms with Crippen molar-refractivity contribution >= 4 is 11.6 Å². The van der Waals surface area contributed by atoms with E-state index in [1.807, 2.05) is 0 Å². The largest absolute Gasteiger partial charge is 0.387 e. The lowest BCUT2D eigenvalue weighted by Gasteiger charge is -2.28. The lowest BCUT2D eigenvalue weighted by molar-refractivity contribution is 0.0647. The first-order valence-electron chi connectivity index (χ1n) is 6.03. The van der Waals surface area contributed by atoms with Crippen LogP contribution in [0.5, 0.6) is 0 Å². The highest BCUT2D eigenvalue weighted by atomic mass is 35.5. The van der Waals surface area contributed by atoms with Crippen molar-refractivity contribution in [1.82, 2.24) is 0 Å². The topological polar surface area (TPSA) is 44.0 Å². The number of aliphatic hydroxyl groups excluding tert-OH is 1. The van der Waals surface area contributed by atoms with Crippen LogP contribution in [0.4, 0.5) is 4.39 Å². The molecule has 18 heavy (non-hydrogen) atoms. The summed E-state index contributed by atoms with van der Waals surface area (Å²) in [6.07, 6.45) is 1.27. The van der Waals surface area contributed by atoms with Crippen molar-refractivity contribution in [1.29, 1.82) is 5.26 Å². The normalized spacial score (nSPS) is 28.9. The molecule has 0 aromatic heterocycles. The Bertz CT molecular complexity index is 499. The second kappa shape index (κ2) is 4.87. The van der Waals surface area contributed by atoms with E-state index < -0.39 is 17.3 Å². The average Bonchev–Trinajstić information content (AvgIpc) is 2.71. The van der Waals surface area contributed by atoms with Crippen LogP contribution >= 0.6 is 11.6 Å². The minimum absolute atomic E-state index is 0.177. The molecule has 0 bridgehead atoms. The summed E-state index contributed by atoms with van der Waals surface area (Å²) >= 11 is 5.95. The Morgan fingerprint density at radius 2 is 2.33 bits per heavy atom. The maximum Gasteiger partial charge on any atom is 0.124 e. The predicted octanol–water partition coefficient (Wildman–Crippen LogP) is 3.84. The summed E-state index contributed by atoms with van der Waals surface area (Å²) in [5, 5.41) is 20.0. The summed E-state index contributed by atoms with van der Waals surface area (Å²) in [6, 6.07) is 6.14. The van der Waals surface area contributed by atoms with Gasteiger partial charge in [-0.15, -0.1) is 0 Å². The fourth-order valence-electron chi connectivity index (χ4n) is 2.76. The van der Waals surface area contributed by atoms with E-state index in [1.54, 1.807) is 0 Å². The molecule has 0 heterocycles. The van der Waals surface area contributed by atoms with Gasteiger partial charge in [-0.3, -0.25) is 0 Å². The van der Waals surface area contributed by atoms with Crippen molar-refractivity contribution in [2.24, 2.45) is 11.3 Å². The van der Waals surface area contributed by atoms with Crippen LogP contribution in [0, 0.1) is 28.5 Å². The first-order chi connectivity index (χ1) is 8.48. The number of halogens is 2. The molecule has 0 saturated heterocycles. The molecule has 1 aliphatic carbocycles. The van der Waals surface area contributed by atoms with Gasteiger partial charge in [0.15, 0.2) is 0 Å². The smallest absolute Gasteiger partial charge is 0.124 e. The van der Waals surface area contributed by atoms with Crippen LogP contribution in [0.3, 0.4) is 0 Å². The molecule has 1 saturated carbocycles. The van der Waals surface area contributed by atoms with Crippen molar-refractivity contribution in [2.45, 2.75) is 32.3 Å². The van der Waals surface area contributed by atoms with Crippen molar-refractivity contribution in [3.63, 3.8) is 0 Å². The first kappa shape index (κ1) is 13.3. The fraction of sp³-hybridized carbons (Fsp3) is 0.500. The molecule has 3 atom stereocenters. The summed E-state index contributed by atoms with van der Waals surface area (Å²) in [7, 11) is 0. The molecule has 2 rings (SSSR count). The second-order valence-corrected chi connectivity index (χ2v) is 5.59. The number of hydrogen-bond donors (Lipinski definition) is 1. The van der Waals surface area contributed by atoms with E-state index in [-0.39, 0.29) is 5.02 Å². The van der Waals surface area contributed by atoms with Gasteiger partial charge in [0, 0.05) is 10.6 Å². The molecule has 0 amide bonds. The minimum atomic E-state index is -0.958. The zero-order chi connectivity index (χ0) is 13.3. The Kier molecular flexibility index (Phi) is 3.61. The van der Waals surface area contributed by atoms with Crippen LogP contribution < -0.4 is 0 Å². The maximum absolute atomic E-state index is 13.0. The number of rotatable bonds is 2. The van der Waals surface area contributed by atoms with Crippen LogP contribution in [-0.2, 0) is 0 Å². The van der Waals surface area contributed by atoms with Crippen molar-refractivity contribution in [2.75, 3.05) is 0 Å². The lowest BCUT2D eigenvalue weighted by atomic mass is 9.78. The van der Waals surface area contributed by atoms with Gasteiger partial charge in [-0.25, -0.2) is 4.39 Å². The van der Waals surface area contributed by atoms with E-state index in [0.717, 1.165) is 6.42 Å². The molecule has 0 aliphatic heterocycles. The predicted molar refractivity (Wildman–Crippen MR) is 67.4 cm³/mol. The van der Waals surface area contributed by atoms with E-state index in [1.165, 1.54) is 18.2 Å². The second-order valence-electron chi connectivity index (χ2n) is 5.18. The molecule has 1 aromatic rings. The van der Waals surface area contributed by atoms with Crippen LogP contribution in [0.15, 0.2) is 18.2 Å². The highest BCUT2D eigenvalue weighted by molar-refractivity contribution is 6.31. The summed E-state index contributed by atoms with van der Waals surface area (Å²) < 4.78 is 13.0. The summed E-state index contributed by atoms with van der Waals surface area (Å²) in [4.78, 5) is 0. The van der Waals surface area contributed by atoms with E-state index in [0.29, 0.717) is 24.3 Å². The molecular weight excluding hydrogens is 253 g/mol. The Balaban J connectivity index is 2.36. The molecule has 1 N–H and O–H groups in total. The Hall–Kier alpha value is -1.11. The highest BCUT2D eigenvalue weighted by Gasteiger charge is 2.45. The van der Waals surface area contributed by atoms with Gasteiger partial charge in [0.1, 0.15) is 5.82 Å². The van der Waals surface area contributed by atoms with Crippen LogP contribution in [0.1, 0.15) is 37.9 Å². The number of aliphatic hydroxyl groups is 1. The third-order valence-corrected chi connectivity index (χ3v) is 4.13. The van der Waals surface area contributed by atoms with Gasteiger partial charge in [-0.1, -0.05) is 24.6 Å². The highest BCUT2D eigenvalue weighted by Crippen LogP contribution is 2.50. The van der Waals surface area contributed by atoms with Gasteiger partial charge >= 0.3 is 0 Å². The average molecular weight is 268 g/mol. The molecule has 4 heteroatoms. The number of benzene rings is 1. The monoisotopic (exact) mass is 267 g/mol. The van der Waals surface area contributed by atoms with Gasteiger partial charge in [-0.2, -0.15) is 5.26 Å². The summed E-state index contributed by atoms with van der Waals surface area (Å²) in [6.45, 7) is 2.07. The third-order valence-electron chi connectivity index (χ3n) is 3.80. The van der Waals surface area contributed by atoms with E-state index in [4.69, 9.17) is 11.6 Å². The lowest BCUT2D eigenvalue weighted by Crippen LogP contribution is -2.24. The SMILES string of the molecule is CC1CCC(C#N)(C(O)c2ccc(F)cc2Cl)C1. The number of nitrogens with zero attached hydrogens (tertiary/aromatic N) is 1. The molecule has 3 unspecified atom stereocenters. The standard InChI is InChI=1S/C14H15ClFNO/c1-9-4-5-14(7-9,8-17)13(18)11-3-2-10(16)6-12(11)15/h2-3,6,9,13,18H,4-5,7H2,1H3. The Labute approximate surface area is 111 Å². The number of nitriles is 1. The molecule has 0 spiro atoms. The minimum Gasteiger partial charge on any atom is -0.387 e. The molecule has 1 aliphatic rings. The van der Waals surface area contributed by atoms with Crippen molar-refractivity contribution < 1.29 is 9.50 Å². The van der Waals surface area contributed by atoms with Gasteiger partial charge in [0.05, 0.1) is 17.6 Å². The van der Waals surface area contributed by atoms with Gasteiger partial charge in [-0.05, 0) is 37.3 Å². The zero-order valence-corrected chi connectivity index (χ0v) is 10.9. The summed E-state index contributed by atoms with van der Waals surface area (Å²) in [5.41, 5.74) is -0.352. The molecule has 96 valence electrons. The number of hydrogen-bond acceptors (Lipinski definition) is 2. The Morgan fingerprint density at radius 3 is 2.83 bits per heavy atom.